The predicted molar refractivity (Wildman–Crippen MR) is 71.1 cm³/mol. The first-order valence-corrected chi connectivity index (χ1v) is 6.12. The van der Waals surface area contributed by atoms with E-state index in [2.05, 4.69) is 19.2 Å². The van der Waals surface area contributed by atoms with Crippen LogP contribution in [0.4, 0.5) is 0 Å². The van der Waals surface area contributed by atoms with Crippen molar-refractivity contribution in [2.24, 2.45) is 11.7 Å². The smallest absolute Gasteiger partial charge is 0.251 e. The van der Waals surface area contributed by atoms with E-state index >= 15 is 0 Å². The summed E-state index contributed by atoms with van der Waals surface area (Å²) in [5.74, 6) is 0.777. The van der Waals surface area contributed by atoms with Gasteiger partial charge in [-0.15, -0.1) is 0 Å². The van der Waals surface area contributed by atoms with Crippen LogP contribution < -0.4 is 11.1 Å². The van der Waals surface area contributed by atoms with E-state index in [9.17, 15) is 4.79 Å². The number of benzene rings is 1. The third kappa shape index (κ3) is 4.19. The molecule has 0 aliphatic heterocycles. The minimum Gasteiger partial charge on any atom is -0.352 e. The number of rotatable bonds is 5. The van der Waals surface area contributed by atoms with Crippen molar-refractivity contribution in [2.45, 2.75) is 26.7 Å². The summed E-state index contributed by atoms with van der Waals surface area (Å²) in [6.45, 7) is 7.51. The Labute approximate surface area is 103 Å². The lowest BCUT2D eigenvalue weighted by atomic mass is 10.0. The molecule has 0 fully saturated rings. The van der Waals surface area contributed by atoms with Crippen molar-refractivity contribution < 1.29 is 4.79 Å². The first-order valence-electron chi connectivity index (χ1n) is 6.12. The Hall–Kier alpha value is -1.35. The highest BCUT2D eigenvalue weighted by molar-refractivity contribution is 5.94. The normalized spacial score (nSPS) is 12.5. The molecule has 1 atom stereocenters. The van der Waals surface area contributed by atoms with Gasteiger partial charge in [0.2, 0.25) is 0 Å². The van der Waals surface area contributed by atoms with Crippen LogP contribution in [-0.4, -0.2) is 19.0 Å². The number of carbonyl (C=O) groups is 1. The summed E-state index contributed by atoms with van der Waals surface area (Å²) >= 11 is 0. The summed E-state index contributed by atoms with van der Waals surface area (Å²) in [4.78, 5) is 11.8. The lowest BCUT2D eigenvalue weighted by molar-refractivity contribution is 0.0948. The largest absolute Gasteiger partial charge is 0.352 e. The molecule has 1 unspecified atom stereocenters. The van der Waals surface area contributed by atoms with Crippen molar-refractivity contribution in [3.8, 4) is 0 Å². The maximum atomic E-state index is 11.8. The zero-order valence-electron chi connectivity index (χ0n) is 10.9. The van der Waals surface area contributed by atoms with Crippen LogP contribution in [0.5, 0.6) is 0 Å². The van der Waals surface area contributed by atoms with Crippen LogP contribution in [0.25, 0.3) is 0 Å². The van der Waals surface area contributed by atoms with Gasteiger partial charge >= 0.3 is 0 Å². The van der Waals surface area contributed by atoms with Crippen LogP contribution in [0.1, 0.15) is 42.6 Å². The highest BCUT2D eigenvalue weighted by Crippen LogP contribution is 2.14. The lowest BCUT2D eigenvalue weighted by Gasteiger charge is -2.11. The van der Waals surface area contributed by atoms with Crippen LogP contribution in [0.3, 0.4) is 0 Å². The van der Waals surface area contributed by atoms with Gasteiger partial charge in [-0.25, -0.2) is 0 Å². The molecule has 1 aromatic rings. The van der Waals surface area contributed by atoms with Crippen molar-refractivity contribution in [1.82, 2.24) is 5.32 Å². The van der Waals surface area contributed by atoms with E-state index in [1.54, 1.807) is 0 Å². The number of hydrogen-bond donors (Lipinski definition) is 2. The molecule has 0 aromatic heterocycles. The molecule has 94 valence electrons. The topological polar surface area (TPSA) is 55.1 Å². The molecular weight excluding hydrogens is 212 g/mol. The number of carbonyl (C=O) groups excluding carboxylic acids is 1. The summed E-state index contributed by atoms with van der Waals surface area (Å²) in [5, 5.41) is 2.88. The number of amides is 1. The molecule has 0 radical (unpaired) electrons. The number of nitrogens with one attached hydrogen (secondary N) is 1. The van der Waals surface area contributed by atoms with E-state index in [-0.39, 0.29) is 5.91 Å². The number of nitrogens with two attached hydrogens (primary N) is 1. The first-order chi connectivity index (χ1) is 8.04. The predicted octanol–water partition coefficient (Wildman–Crippen LogP) is 2.13. The van der Waals surface area contributed by atoms with Gasteiger partial charge in [-0.2, -0.15) is 0 Å². The van der Waals surface area contributed by atoms with Gasteiger partial charge in [0.05, 0.1) is 0 Å². The first kappa shape index (κ1) is 13.7. The van der Waals surface area contributed by atoms with Gasteiger partial charge in [-0.1, -0.05) is 32.9 Å². The van der Waals surface area contributed by atoms with Gasteiger partial charge in [-0.05, 0) is 36.1 Å². The summed E-state index contributed by atoms with van der Waals surface area (Å²) in [6.07, 6.45) is 0. The van der Waals surface area contributed by atoms with Gasteiger partial charge in [-0.3, -0.25) is 4.79 Å². The fourth-order valence-electron chi connectivity index (χ4n) is 1.47. The Balaban J connectivity index is 2.58. The molecule has 3 nitrogen and oxygen atoms in total. The van der Waals surface area contributed by atoms with Crippen molar-refractivity contribution >= 4 is 5.91 Å². The van der Waals surface area contributed by atoms with Gasteiger partial charge < -0.3 is 11.1 Å². The Morgan fingerprint density at radius 2 is 1.82 bits per heavy atom. The molecule has 1 aromatic carbocycles. The van der Waals surface area contributed by atoms with Gasteiger partial charge in [0, 0.05) is 12.1 Å². The second kappa shape index (κ2) is 6.40. The van der Waals surface area contributed by atoms with E-state index in [0.29, 0.717) is 30.5 Å². The van der Waals surface area contributed by atoms with Crippen LogP contribution in [0.15, 0.2) is 24.3 Å². The summed E-state index contributed by atoms with van der Waals surface area (Å²) < 4.78 is 0. The van der Waals surface area contributed by atoms with E-state index in [4.69, 9.17) is 5.73 Å². The summed E-state index contributed by atoms with van der Waals surface area (Å²) in [5.41, 5.74) is 7.45. The molecule has 0 bridgehead atoms. The Bertz CT molecular complexity index is 357. The second-order valence-corrected chi connectivity index (χ2v) is 4.83. The molecule has 0 saturated heterocycles. The monoisotopic (exact) mass is 234 g/mol. The van der Waals surface area contributed by atoms with E-state index in [1.807, 2.05) is 31.2 Å². The minimum atomic E-state index is -0.0272. The van der Waals surface area contributed by atoms with Gasteiger partial charge in [0.15, 0.2) is 0 Å². The van der Waals surface area contributed by atoms with Crippen molar-refractivity contribution in [2.75, 3.05) is 13.1 Å². The maximum absolute atomic E-state index is 11.8. The highest BCUT2D eigenvalue weighted by atomic mass is 16.1. The molecule has 0 heterocycles. The fourth-order valence-corrected chi connectivity index (χ4v) is 1.47. The maximum Gasteiger partial charge on any atom is 0.251 e. The fraction of sp³-hybridized carbons (Fsp3) is 0.500. The van der Waals surface area contributed by atoms with Gasteiger partial charge in [0.1, 0.15) is 0 Å². The molecule has 0 saturated carbocycles. The average molecular weight is 234 g/mol. The highest BCUT2D eigenvalue weighted by Gasteiger charge is 2.07. The van der Waals surface area contributed by atoms with Crippen LogP contribution in [-0.2, 0) is 0 Å². The second-order valence-electron chi connectivity index (χ2n) is 4.83. The Morgan fingerprint density at radius 1 is 1.24 bits per heavy atom. The van der Waals surface area contributed by atoms with Crippen molar-refractivity contribution in [3.63, 3.8) is 0 Å². The molecule has 0 aliphatic carbocycles. The minimum absolute atomic E-state index is 0.0272. The van der Waals surface area contributed by atoms with Gasteiger partial charge in [0.25, 0.3) is 5.91 Å². The summed E-state index contributed by atoms with van der Waals surface area (Å²) in [6, 6.07) is 7.76. The third-order valence-electron chi connectivity index (χ3n) is 2.85. The standard InChI is InChI=1S/C14H22N2O/c1-10(2)12-4-6-13(7-5-12)14(17)16-9-11(3)8-15/h4-7,10-11H,8-9,15H2,1-3H3,(H,16,17). The third-order valence-corrected chi connectivity index (χ3v) is 2.85. The zero-order chi connectivity index (χ0) is 12.8. The SMILES string of the molecule is CC(CN)CNC(=O)c1ccc(C(C)C)cc1. The van der Waals surface area contributed by atoms with Crippen molar-refractivity contribution in [3.05, 3.63) is 35.4 Å². The molecule has 0 aliphatic rings. The Kier molecular flexibility index (Phi) is 5.16. The van der Waals surface area contributed by atoms with Crippen LogP contribution in [0, 0.1) is 5.92 Å². The molecule has 0 spiro atoms. The van der Waals surface area contributed by atoms with E-state index in [1.165, 1.54) is 5.56 Å². The average Bonchev–Trinajstić information content (AvgIpc) is 2.35. The van der Waals surface area contributed by atoms with Crippen molar-refractivity contribution in [1.29, 1.82) is 0 Å². The molecule has 3 heteroatoms. The van der Waals surface area contributed by atoms with E-state index < -0.39 is 0 Å². The van der Waals surface area contributed by atoms with E-state index in [0.717, 1.165) is 0 Å². The zero-order valence-corrected chi connectivity index (χ0v) is 10.9. The molecule has 17 heavy (non-hydrogen) atoms. The van der Waals surface area contributed by atoms with Crippen LogP contribution >= 0.6 is 0 Å². The lowest BCUT2D eigenvalue weighted by Crippen LogP contribution is -2.31. The summed E-state index contributed by atoms with van der Waals surface area (Å²) in [7, 11) is 0. The Morgan fingerprint density at radius 3 is 2.29 bits per heavy atom. The molecule has 1 rings (SSSR count). The van der Waals surface area contributed by atoms with Crippen LogP contribution in [0.2, 0.25) is 0 Å². The molecule has 1 amide bonds. The molecule has 3 N–H and O–H groups in total. The number of hydrogen-bond acceptors (Lipinski definition) is 2. The molecular formula is C14H22N2O. The quantitative estimate of drug-likeness (QED) is 0.820.